The van der Waals surface area contributed by atoms with E-state index < -0.39 is 0 Å². The van der Waals surface area contributed by atoms with Crippen molar-refractivity contribution in [1.29, 1.82) is 0 Å². The van der Waals surface area contributed by atoms with E-state index in [0.29, 0.717) is 0 Å². The molecule has 0 amide bonds. The number of hydrogen-bond acceptors (Lipinski definition) is 4. The summed E-state index contributed by atoms with van der Waals surface area (Å²) < 4.78 is 0. The Hall–Kier alpha value is -1.65. The molecular weight excluding hydrogens is 272 g/mol. The topological polar surface area (TPSA) is 32.3 Å². The molecule has 0 aliphatic carbocycles. The Balaban J connectivity index is 1.76. The van der Waals surface area contributed by atoms with E-state index in [-0.39, 0.29) is 0 Å². The lowest BCUT2D eigenvalue weighted by Gasteiger charge is -2.32. The lowest BCUT2D eigenvalue weighted by molar-refractivity contribution is 0.312. The Bertz CT molecular complexity index is 559. The zero-order chi connectivity index (χ0) is 13.9. The number of anilines is 1. The number of rotatable bonds is 2. The minimum atomic E-state index is 0.732. The van der Waals surface area contributed by atoms with Crippen LogP contribution in [0, 0.1) is 0 Å². The number of benzene rings is 1. The number of halogens is 1. The first-order chi connectivity index (χ1) is 9.72. The largest absolute Gasteiger partial charge is 0.353 e. The highest BCUT2D eigenvalue weighted by atomic mass is 35.5. The fraction of sp³-hybridized carbons (Fsp3) is 0.333. The van der Waals surface area contributed by atoms with Crippen molar-refractivity contribution in [3.8, 4) is 11.3 Å². The van der Waals surface area contributed by atoms with Gasteiger partial charge in [-0.15, -0.1) is 10.2 Å². The van der Waals surface area contributed by atoms with Crippen LogP contribution in [-0.4, -0.2) is 48.3 Å². The van der Waals surface area contributed by atoms with Crippen molar-refractivity contribution >= 4 is 17.4 Å². The van der Waals surface area contributed by atoms with Gasteiger partial charge < -0.3 is 9.80 Å². The van der Waals surface area contributed by atoms with Gasteiger partial charge in [-0.25, -0.2) is 0 Å². The van der Waals surface area contributed by atoms with Gasteiger partial charge in [0.25, 0.3) is 0 Å². The predicted molar refractivity (Wildman–Crippen MR) is 82.2 cm³/mol. The molecule has 0 spiro atoms. The summed E-state index contributed by atoms with van der Waals surface area (Å²) in [5.41, 5.74) is 1.91. The lowest BCUT2D eigenvalue weighted by Crippen LogP contribution is -2.44. The minimum Gasteiger partial charge on any atom is -0.353 e. The number of likely N-dealkylation sites (N-methyl/N-ethyl adjacent to an activating group) is 1. The molecule has 1 saturated heterocycles. The van der Waals surface area contributed by atoms with E-state index >= 15 is 0 Å². The second-order valence-corrected chi connectivity index (χ2v) is 5.51. The van der Waals surface area contributed by atoms with Gasteiger partial charge in [0.15, 0.2) is 5.82 Å². The highest BCUT2D eigenvalue weighted by molar-refractivity contribution is 6.30. The van der Waals surface area contributed by atoms with E-state index in [0.717, 1.165) is 48.3 Å². The first kappa shape index (κ1) is 13.3. The molecule has 0 unspecified atom stereocenters. The van der Waals surface area contributed by atoms with Crippen molar-refractivity contribution in [2.24, 2.45) is 0 Å². The number of hydrogen-bond donors (Lipinski definition) is 0. The summed E-state index contributed by atoms with van der Waals surface area (Å²) in [5, 5.41) is 9.41. The normalized spacial score (nSPS) is 16.4. The van der Waals surface area contributed by atoms with Crippen LogP contribution in [-0.2, 0) is 0 Å². The second kappa shape index (κ2) is 5.77. The Morgan fingerprint density at radius 2 is 1.60 bits per heavy atom. The first-order valence-corrected chi connectivity index (χ1v) is 7.13. The van der Waals surface area contributed by atoms with Crippen LogP contribution in [0.3, 0.4) is 0 Å². The van der Waals surface area contributed by atoms with E-state index in [1.165, 1.54) is 0 Å². The molecule has 0 saturated carbocycles. The van der Waals surface area contributed by atoms with Crippen LogP contribution in [0.25, 0.3) is 11.3 Å². The highest BCUT2D eigenvalue weighted by Crippen LogP contribution is 2.21. The lowest BCUT2D eigenvalue weighted by atomic mass is 10.1. The summed E-state index contributed by atoms with van der Waals surface area (Å²) >= 11 is 5.89. The molecular formula is C15H17ClN4. The Labute approximate surface area is 124 Å². The van der Waals surface area contributed by atoms with E-state index in [2.05, 4.69) is 27.0 Å². The molecule has 1 aliphatic rings. The Morgan fingerprint density at radius 1 is 0.900 bits per heavy atom. The maximum Gasteiger partial charge on any atom is 0.151 e. The maximum atomic E-state index is 5.89. The average molecular weight is 289 g/mol. The molecule has 0 radical (unpaired) electrons. The van der Waals surface area contributed by atoms with Gasteiger partial charge in [0.2, 0.25) is 0 Å². The first-order valence-electron chi connectivity index (χ1n) is 6.75. The molecule has 104 valence electrons. The quantitative estimate of drug-likeness (QED) is 0.850. The van der Waals surface area contributed by atoms with Crippen molar-refractivity contribution in [3.05, 3.63) is 41.4 Å². The average Bonchev–Trinajstić information content (AvgIpc) is 2.49. The summed E-state index contributed by atoms with van der Waals surface area (Å²) in [7, 11) is 2.15. The molecule has 1 aromatic heterocycles. The third-order valence-corrected chi connectivity index (χ3v) is 3.87. The van der Waals surface area contributed by atoms with E-state index in [1.54, 1.807) is 0 Å². The molecule has 2 aromatic rings. The van der Waals surface area contributed by atoms with Gasteiger partial charge in [-0.2, -0.15) is 0 Å². The summed E-state index contributed by atoms with van der Waals surface area (Å²) in [6.07, 6.45) is 0. The molecule has 5 heteroatoms. The van der Waals surface area contributed by atoms with Crippen LogP contribution in [0.1, 0.15) is 0 Å². The summed E-state index contributed by atoms with van der Waals surface area (Å²) in [6, 6.07) is 11.7. The number of piperazine rings is 1. The van der Waals surface area contributed by atoms with E-state index in [1.807, 2.05) is 36.4 Å². The fourth-order valence-electron chi connectivity index (χ4n) is 2.30. The molecule has 4 nitrogen and oxygen atoms in total. The van der Waals surface area contributed by atoms with Crippen molar-refractivity contribution in [2.45, 2.75) is 0 Å². The van der Waals surface area contributed by atoms with Crippen molar-refractivity contribution in [3.63, 3.8) is 0 Å². The zero-order valence-electron chi connectivity index (χ0n) is 11.5. The summed E-state index contributed by atoms with van der Waals surface area (Å²) in [5.74, 6) is 0.954. The molecule has 1 aromatic carbocycles. The van der Waals surface area contributed by atoms with Gasteiger partial charge in [-0.1, -0.05) is 23.7 Å². The fourth-order valence-corrected chi connectivity index (χ4v) is 2.43. The van der Waals surface area contributed by atoms with Crippen LogP contribution in [0.15, 0.2) is 36.4 Å². The third-order valence-electron chi connectivity index (χ3n) is 3.62. The zero-order valence-corrected chi connectivity index (χ0v) is 12.2. The Morgan fingerprint density at radius 3 is 2.20 bits per heavy atom. The van der Waals surface area contributed by atoms with Gasteiger partial charge in [-0.3, -0.25) is 0 Å². The van der Waals surface area contributed by atoms with Crippen molar-refractivity contribution in [1.82, 2.24) is 15.1 Å². The van der Waals surface area contributed by atoms with Gasteiger partial charge in [-0.05, 0) is 31.3 Å². The molecule has 3 rings (SSSR count). The van der Waals surface area contributed by atoms with Gasteiger partial charge in [0.05, 0.1) is 5.69 Å². The van der Waals surface area contributed by atoms with Crippen molar-refractivity contribution in [2.75, 3.05) is 38.1 Å². The minimum absolute atomic E-state index is 0.732. The molecule has 20 heavy (non-hydrogen) atoms. The van der Waals surface area contributed by atoms with Gasteiger partial charge in [0, 0.05) is 36.8 Å². The Kier molecular flexibility index (Phi) is 3.85. The van der Waals surface area contributed by atoms with Crippen LogP contribution >= 0.6 is 11.6 Å². The van der Waals surface area contributed by atoms with Crippen LogP contribution in [0.5, 0.6) is 0 Å². The molecule has 0 N–H and O–H groups in total. The monoisotopic (exact) mass is 288 g/mol. The van der Waals surface area contributed by atoms with Gasteiger partial charge in [0.1, 0.15) is 0 Å². The summed E-state index contributed by atoms with van der Waals surface area (Å²) in [4.78, 5) is 4.60. The van der Waals surface area contributed by atoms with Gasteiger partial charge >= 0.3 is 0 Å². The third kappa shape index (κ3) is 2.92. The standard InChI is InChI=1S/C15H17ClN4/c1-19-8-10-20(11-9-19)15-7-6-14(17-18-15)12-2-4-13(16)5-3-12/h2-7H,8-11H2,1H3. The summed E-state index contributed by atoms with van der Waals surface area (Å²) in [6.45, 7) is 4.15. The maximum absolute atomic E-state index is 5.89. The van der Waals surface area contributed by atoms with Crippen LogP contribution in [0.4, 0.5) is 5.82 Å². The molecule has 1 fully saturated rings. The van der Waals surface area contributed by atoms with Crippen molar-refractivity contribution < 1.29 is 0 Å². The molecule has 2 heterocycles. The molecule has 0 atom stereocenters. The number of aromatic nitrogens is 2. The number of nitrogens with zero attached hydrogens (tertiary/aromatic N) is 4. The van der Waals surface area contributed by atoms with Crippen LogP contribution in [0.2, 0.25) is 5.02 Å². The van der Waals surface area contributed by atoms with Crippen LogP contribution < -0.4 is 4.90 Å². The van der Waals surface area contributed by atoms with E-state index in [9.17, 15) is 0 Å². The molecule has 1 aliphatic heterocycles. The highest BCUT2D eigenvalue weighted by Gasteiger charge is 2.15. The molecule has 0 bridgehead atoms. The van der Waals surface area contributed by atoms with E-state index in [4.69, 9.17) is 11.6 Å². The SMILES string of the molecule is CN1CCN(c2ccc(-c3ccc(Cl)cc3)nn2)CC1. The predicted octanol–water partition coefficient (Wildman–Crippen LogP) is 2.55. The smallest absolute Gasteiger partial charge is 0.151 e. The second-order valence-electron chi connectivity index (χ2n) is 5.07.